The molecule has 0 saturated heterocycles. The number of allylic oxidation sites excluding steroid dienone is 2. The van der Waals surface area contributed by atoms with Crippen LogP contribution in [0.1, 0.15) is 24.5 Å². The van der Waals surface area contributed by atoms with Crippen LogP contribution in [0.15, 0.2) is 42.0 Å². The molecule has 4 rings (SSSR count). The van der Waals surface area contributed by atoms with Gasteiger partial charge in [0.2, 0.25) is 0 Å². The van der Waals surface area contributed by atoms with Crippen LogP contribution in [-0.4, -0.2) is 25.6 Å². The van der Waals surface area contributed by atoms with E-state index in [1.807, 2.05) is 6.92 Å². The van der Waals surface area contributed by atoms with Crippen molar-refractivity contribution in [2.45, 2.75) is 37.1 Å². The van der Waals surface area contributed by atoms with Crippen molar-refractivity contribution in [2.75, 3.05) is 5.32 Å². The molecule has 1 aliphatic heterocycles. The number of halogens is 2. The number of nitrogens with zero attached hydrogens (tertiary/aromatic N) is 3. The molecule has 6 heteroatoms. The van der Waals surface area contributed by atoms with E-state index >= 15 is 0 Å². The molecule has 1 aromatic heterocycles. The average molecular weight is 389 g/mol. The third-order valence-electron chi connectivity index (χ3n) is 4.54. The van der Waals surface area contributed by atoms with Crippen molar-refractivity contribution >= 4 is 27.3 Å². The fraction of sp³-hybridized carbons (Fsp3) is 0.333. The summed E-state index contributed by atoms with van der Waals surface area (Å²) in [7, 11) is 0. The molecule has 0 amide bonds. The van der Waals surface area contributed by atoms with E-state index < -0.39 is 0 Å². The Morgan fingerprint density at radius 3 is 2.83 bits per heavy atom. The molecule has 0 saturated carbocycles. The van der Waals surface area contributed by atoms with E-state index in [2.05, 4.69) is 48.2 Å². The molecule has 1 aromatic carbocycles. The van der Waals surface area contributed by atoms with Crippen LogP contribution in [0.4, 0.5) is 10.1 Å². The first-order chi connectivity index (χ1) is 11.6. The van der Waals surface area contributed by atoms with Gasteiger partial charge < -0.3 is 5.32 Å². The maximum absolute atomic E-state index is 13.2. The molecule has 2 heterocycles. The summed E-state index contributed by atoms with van der Waals surface area (Å²) in [4.78, 5) is 0.326. The highest BCUT2D eigenvalue weighted by Crippen LogP contribution is 2.35. The first kappa shape index (κ1) is 15.6. The Balaban J connectivity index is 1.71. The van der Waals surface area contributed by atoms with Crippen molar-refractivity contribution in [1.82, 2.24) is 14.8 Å². The van der Waals surface area contributed by atoms with Gasteiger partial charge in [0.1, 0.15) is 17.5 Å². The number of aromatic nitrogens is 3. The second-order valence-corrected chi connectivity index (χ2v) is 7.38. The number of aryl methyl sites for hydroxylation is 2. The summed E-state index contributed by atoms with van der Waals surface area (Å²) in [5.41, 5.74) is 3.34. The zero-order chi connectivity index (χ0) is 16.7. The molecule has 2 unspecified atom stereocenters. The molecule has 124 valence electrons. The predicted molar refractivity (Wildman–Crippen MR) is 96.6 cm³/mol. The molecular formula is C18H18BrFN4. The van der Waals surface area contributed by atoms with Gasteiger partial charge in [0, 0.05) is 22.6 Å². The van der Waals surface area contributed by atoms with E-state index in [0.717, 1.165) is 36.6 Å². The van der Waals surface area contributed by atoms with Gasteiger partial charge >= 0.3 is 0 Å². The number of alkyl halides is 1. The quantitative estimate of drug-likeness (QED) is 0.787. The third kappa shape index (κ3) is 2.79. The van der Waals surface area contributed by atoms with Gasteiger partial charge in [0.05, 0.1) is 6.04 Å². The lowest BCUT2D eigenvalue weighted by Gasteiger charge is -2.26. The number of hydrogen-bond acceptors (Lipinski definition) is 3. The molecule has 0 spiro atoms. The lowest BCUT2D eigenvalue weighted by Crippen LogP contribution is -2.25. The molecule has 1 aliphatic carbocycles. The van der Waals surface area contributed by atoms with Gasteiger partial charge in [0.25, 0.3) is 0 Å². The van der Waals surface area contributed by atoms with Crippen LogP contribution >= 0.6 is 15.9 Å². The summed E-state index contributed by atoms with van der Waals surface area (Å²) in [6, 6.07) is 6.69. The van der Waals surface area contributed by atoms with Crippen molar-refractivity contribution in [3.05, 3.63) is 59.5 Å². The van der Waals surface area contributed by atoms with Crippen molar-refractivity contribution in [3.8, 4) is 0 Å². The fourth-order valence-corrected chi connectivity index (χ4v) is 3.88. The molecule has 4 nitrogen and oxygen atoms in total. The summed E-state index contributed by atoms with van der Waals surface area (Å²) in [5.74, 6) is 1.69. The molecular weight excluding hydrogens is 371 g/mol. The Labute approximate surface area is 148 Å². The van der Waals surface area contributed by atoms with Crippen LogP contribution in [-0.2, 0) is 6.42 Å². The van der Waals surface area contributed by atoms with E-state index in [0.29, 0.717) is 4.83 Å². The van der Waals surface area contributed by atoms with Gasteiger partial charge in [-0.3, -0.25) is 4.57 Å². The summed E-state index contributed by atoms with van der Waals surface area (Å²) in [5, 5.41) is 12.1. The van der Waals surface area contributed by atoms with Gasteiger partial charge in [-0.1, -0.05) is 28.1 Å². The highest BCUT2D eigenvalue weighted by Gasteiger charge is 2.29. The van der Waals surface area contributed by atoms with E-state index in [1.165, 1.54) is 23.4 Å². The van der Waals surface area contributed by atoms with E-state index in [4.69, 9.17) is 0 Å². The highest BCUT2D eigenvalue weighted by atomic mass is 79.9. The molecule has 0 bridgehead atoms. The van der Waals surface area contributed by atoms with E-state index in [9.17, 15) is 4.39 Å². The second kappa shape index (κ2) is 6.16. The summed E-state index contributed by atoms with van der Waals surface area (Å²) < 4.78 is 15.3. The maximum Gasteiger partial charge on any atom is 0.137 e. The van der Waals surface area contributed by atoms with Gasteiger partial charge in [0.15, 0.2) is 0 Å². The Bertz CT molecular complexity index is 822. The topological polar surface area (TPSA) is 42.7 Å². The minimum absolute atomic E-state index is 0.156. The summed E-state index contributed by atoms with van der Waals surface area (Å²) in [6.07, 6.45) is 7.23. The lowest BCUT2D eigenvalue weighted by molar-refractivity contribution is 0.627. The van der Waals surface area contributed by atoms with Gasteiger partial charge in [-0.2, -0.15) is 0 Å². The first-order valence-electron chi connectivity index (χ1n) is 8.11. The number of benzene rings is 1. The van der Waals surface area contributed by atoms with Crippen LogP contribution in [0.5, 0.6) is 0 Å². The molecule has 2 aromatic rings. The van der Waals surface area contributed by atoms with Gasteiger partial charge in [-0.05, 0) is 49.6 Å². The zero-order valence-electron chi connectivity index (χ0n) is 13.3. The molecule has 0 fully saturated rings. The standard InChI is InChI=1S/C18H18BrFN4/c1-11-22-23-18-9-7-16(21-14-5-3-13(20)4-6-14)15-10-12(19)2-8-17(15)24(11)18/h3-6,8,10,12,16,21H,2,7,9H2,1H3. The van der Waals surface area contributed by atoms with E-state index in [1.54, 1.807) is 12.1 Å². The highest BCUT2D eigenvalue weighted by molar-refractivity contribution is 9.09. The Hall–Kier alpha value is -1.95. The molecule has 2 aliphatic rings. The average Bonchev–Trinajstić information content (AvgIpc) is 2.86. The number of hydrogen-bond donors (Lipinski definition) is 1. The Morgan fingerprint density at radius 1 is 1.25 bits per heavy atom. The Morgan fingerprint density at radius 2 is 2.04 bits per heavy atom. The predicted octanol–water partition coefficient (Wildman–Crippen LogP) is 4.09. The lowest BCUT2D eigenvalue weighted by atomic mass is 9.94. The van der Waals surface area contributed by atoms with Gasteiger partial charge in [-0.15, -0.1) is 10.2 Å². The maximum atomic E-state index is 13.2. The Kier molecular flexibility index (Phi) is 4.00. The minimum Gasteiger partial charge on any atom is -0.378 e. The van der Waals surface area contributed by atoms with Crippen molar-refractivity contribution in [3.63, 3.8) is 0 Å². The number of rotatable bonds is 2. The van der Waals surface area contributed by atoms with Crippen LogP contribution in [0.25, 0.3) is 5.70 Å². The first-order valence-corrected chi connectivity index (χ1v) is 9.03. The van der Waals surface area contributed by atoms with E-state index in [-0.39, 0.29) is 11.9 Å². The minimum atomic E-state index is -0.221. The van der Waals surface area contributed by atoms with Gasteiger partial charge in [-0.25, -0.2) is 4.39 Å². The number of nitrogens with one attached hydrogen (secondary N) is 1. The number of fused-ring (bicyclic) bond motifs is 3. The van der Waals surface area contributed by atoms with Crippen LogP contribution in [0, 0.1) is 12.7 Å². The van der Waals surface area contributed by atoms with Crippen molar-refractivity contribution in [2.24, 2.45) is 0 Å². The molecule has 1 N–H and O–H groups in total. The summed E-state index contributed by atoms with van der Waals surface area (Å²) in [6.45, 7) is 1.99. The van der Waals surface area contributed by atoms with Crippen molar-refractivity contribution < 1.29 is 4.39 Å². The smallest absolute Gasteiger partial charge is 0.137 e. The van der Waals surface area contributed by atoms with Crippen LogP contribution in [0.2, 0.25) is 0 Å². The molecule has 2 atom stereocenters. The molecule has 0 radical (unpaired) electrons. The van der Waals surface area contributed by atoms with Crippen LogP contribution in [0.3, 0.4) is 0 Å². The molecule has 24 heavy (non-hydrogen) atoms. The normalized spacial score (nSPS) is 22.8. The largest absolute Gasteiger partial charge is 0.378 e. The summed E-state index contributed by atoms with van der Waals surface area (Å²) >= 11 is 3.71. The second-order valence-electron chi connectivity index (χ2n) is 6.20. The monoisotopic (exact) mass is 388 g/mol. The fourth-order valence-electron chi connectivity index (χ4n) is 3.41. The third-order valence-corrected chi connectivity index (χ3v) is 5.18. The van der Waals surface area contributed by atoms with Crippen molar-refractivity contribution in [1.29, 1.82) is 0 Å². The SMILES string of the molecule is Cc1nnc2n1C1=CCC(Br)C=C1C(Nc1ccc(F)cc1)CC2. The van der Waals surface area contributed by atoms with Crippen LogP contribution < -0.4 is 5.32 Å². The number of anilines is 1. The zero-order valence-corrected chi connectivity index (χ0v) is 14.9.